The average Bonchev–Trinajstić information content (AvgIpc) is 3.32. The molecule has 164 valence electrons. The van der Waals surface area contributed by atoms with E-state index in [1.807, 2.05) is 31.2 Å². The second-order valence-electron chi connectivity index (χ2n) is 7.79. The first kappa shape index (κ1) is 20.0. The summed E-state index contributed by atoms with van der Waals surface area (Å²) < 4.78 is 11.0. The number of rotatable bonds is 5. The summed E-state index contributed by atoms with van der Waals surface area (Å²) in [5.41, 5.74) is 2.47. The van der Waals surface area contributed by atoms with Crippen LogP contribution in [0.3, 0.4) is 0 Å². The van der Waals surface area contributed by atoms with Crippen molar-refractivity contribution < 1.29 is 23.9 Å². The Hall–Kier alpha value is -3.95. The van der Waals surface area contributed by atoms with Crippen LogP contribution in [0.1, 0.15) is 11.1 Å². The molecule has 0 saturated carbocycles. The Bertz CT molecular complexity index is 1120. The van der Waals surface area contributed by atoms with Gasteiger partial charge in [-0.25, -0.2) is 4.90 Å². The summed E-state index contributed by atoms with van der Waals surface area (Å²) in [4.78, 5) is 39.5. The minimum atomic E-state index is -0.972. The van der Waals surface area contributed by atoms with Crippen LogP contribution in [-0.2, 0) is 20.9 Å². The number of benzene rings is 2. The summed E-state index contributed by atoms with van der Waals surface area (Å²) in [6.07, 6.45) is 0. The number of nitrogens with zero attached hydrogens (tertiary/aromatic N) is 4. The predicted molar refractivity (Wildman–Crippen MR) is 112 cm³/mol. The van der Waals surface area contributed by atoms with Gasteiger partial charge in [-0.15, -0.1) is 0 Å². The van der Waals surface area contributed by atoms with E-state index in [-0.39, 0.29) is 12.5 Å². The lowest BCUT2D eigenvalue weighted by Gasteiger charge is -2.22. The second kappa shape index (κ2) is 7.95. The van der Waals surface area contributed by atoms with Crippen LogP contribution < -0.4 is 19.7 Å². The minimum absolute atomic E-state index is 0.176. The predicted octanol–water partition coefficient (Wildman–Crippen LogP) is 1.38. The average molecular weight is 435 g/mol. The molecule has 3 aliphatic heterocycles. The fourth-order valence-corrected chi connectivity index (χ4v) is 3.89. The number of anilines is 1. The van der Waals surface area contributed by atoms with Crippen LogP contribution in [0.25, 0.3) is 0 Å². The van der Waals surface area contributed by atoms with Gasteiger partial charge in [0.05, 0.1) is 5.69 Å². The van der Waals surface area contributed by atoms with Crippen LogP contribution in [0.2, 0.25) is 0 Å². The van der Waals surface area contributed by atoms with Crippen LogP contribution in [-0.4, -0.2) is 54.6 Å². The number of imide groups is 1. The highest BCUT2D eigenvalue weighted by atomic mass is 16.6. The Labute approximate surface area is 183 Å². The zero-order valence-electron chi connectivity index (χ0n) is 17.4. The van der Waals surface area contributed by atoms with Gasteiger partial charge >= 0.3 is 0 Å². The van der Waals surface area contributed by atoms with Crippen LogP contribution in [0, 0.1) is 6.92 Å². The van der Waals surface area contributed by atoms with Gasteiger partial charge in [-0.2, -0.15) is 5.11 Å². The monoisotopic (exact) mass is 435 g/mol. The molecule has 0 radical (unpaired) electrons. The molecule has 0 aliphatic carbocycles. The van der Waals surface area contributed by atoms with Gasteiger partial charge in [-0.3, -0.25) is 19.4 Å². The van der Waals surface area contributed by atoms with Crippen molar-refractivity contribution in [2.45, 2.75) is 25.6 Å². The summed E-state index contributed by atoms with van der Waals surface area (Å²) >= 11 is 0. The highest BCUT2D eigenvalue weighted by Crippen LogP contribution is 2.37. The lowest BCUT2D eigenvalue weighted by Crippen LogP contribution is -2.44. The fourth-order valence-electron chi connectivity index (χ4n) is 3.89. The van der Waals surface area contributed by atoms with E-state index in [1.54, 1.807) is 18.2 Å². The first-order chi connectivity index (χ1) is 15.5. The summed E-state index contributed by atoms with van der Waals surface area (Å²) in [5.74, 6) is -0.245. The second-order valence-corrected chi connectivity index (χ2v) is 7.79. The van der Waals surface area contributed by atoms with Crippen molar-refractivity contribution in [3.05, 3.63) is 53.6 Å². The summed E-state index contributed by atoms with van der Waals surface area (Å²) in [6, 6.07) is 10.8. The number of nitrogens with one attached hydrogen (secondary N) is 1. The van der Waals surface area contributed by atoms with E-state index in [1.165, 1.54) is 5.01 Å². The molecule has 3 heterocycles. The van der Waals surface area contributed by atoms with E-state index in [4.69, 9.17) is 9.47 Å². The molecular weight excluding hydrogens is 414 g/mol. The molecule has 2 aromatic carbocycles. The van der Waals surface area contributed by atoms with Crippen LogP contribution in [0.5, 0.6) is 11.5 Å². The lowest BCUT2D eigenvalue weighted by molar-refractivity contribution is -0.125. The normalized spacial score (nSPS) is 21.2. The van der Waals surface area contributed by atoms with E-state index in [0.717, 1.165) is 16.0 Å². The third-order valence-corrected chi connectivity index (χ3v) is 5.56. The van der Waals surface area contributed by atoms with Crippen molar-refractivity contribution in [2.24, 2.45) is 10.3 Å². The maximum atomic E-state index is 13.1. The topological polar surface area (TPSA) is 113 Å². The molecular formula is C22H21N5O5. The number of amides is 3. The lowest BCUT2D eigenvalue weighted by atomic mass is 10.1. The zero-order chi connectivity index (χ0) is 22.2. The Balaban J connectivity index is 1.26. The molecule has 2 aromatic rings. The quantitative estimate of drug-likeness (QED) is 0.710. The largest absolute Gasteiger partial charge is 0.486 e. The number of ether oxygens (including phenoxy) is 2. The van der Waals surface area contributed by atoms with Gasteiger partial charge in [0.15, 0.2) is 23.6 Å². The molecule has 3 amide bonds. The summed E-state index contributed by atoms with van der Waals surface area (Å²) in [6.45, 7) is 3.01. The Morgan fingerprint density at radius 3 is 2.59 bits per heavy atom. The smallest absolute Gasteiger partial charge is 0.263 e. The van der Waals surface area contributed by atoms with E-state index in [9.17, 15) is 14.4 Å². The number of carbonyl (C=O) groups excluding carboxylic acids is 3. The van der Waals surface area contributed by atoms with Gasteiger partial charge in [0.25, 0.3) is 11.8 Å². The third kappa shape index (κ3) is 3.53. The molecule has 0 aromatic heterocycles. The Morgan fingerprint density at radius 2 is 1.81 bits per heavy atom. The van der Waals surface area contributed by atoms with Crippen molar-refractivity contribution in [1.29, 1.82) is 0 Å². The number of carbonyl (C=O) groups is 3. The van der Waals surface area contributed by atoms with Crippen molar-refractivity contribution in [1.82, 2.24) is 10.3 Å². The van der Waals surface area contributed by atoms with E-state index >= 15 is 0 Å². The molecule has 0 unspecified atom stereocenters. The van der Waals surface area contributed by atoms with Gasteiger partial charge < -0.3 is 14.8 Å². The molecule has 1 saturated heterocycles. The molecule has 1 N–H and O–H groups in total. The van der Waals surface area contributed by atoms with Crippen molar-refractivity contribution in [2.75, 3.05) is 24.7 Å². The van der Waals surface area contributed by atoms with Crippen molar-refractivity contribution in [3.8, 4) is 11.5 Å². The number of fused-ring (bicyclic) bond motifs is 2. The minimum Gasteiger partial charge on any atom is -0.486 e. The Kier molecular flexibility index (Phi) is 4.96. The van der Waals surface area contributed by atoms with Crippen LogP contribution in [0.4, 0.5) is 5.69 Å². The highest BCUT2D eigenvalue weighted by molar-refractivity contribution is 6.25. The third-order valence-electron chi connectivity index (χ3n) is 5.56. The number of hydrogen-bond acceptors (Lipinski definition) is 8. The van der Waals surface area contributed by atoms with E-state index in [2.05, 4.69) is 15.7 Å². The van der Waals surface area contributed by atoms with Crippen molar-refractivity contribution >= 4 is 23.4 Å². The Morgan fingerprint density at radius 1 is 1.06 bits per heavy atom. The van der Waals surface area contributed by atoms with Gasteiger partial charge in [0.1, 0.15) is 19.8 Å². The maximum Gasteiger partial charge on any atom is 0.263 e. The number of hydrogen-bond donors (Lipinski definition) is 1. The van der Waals surface area contributed by atoms with Gasteiger partial charge in [0, 0.05) is 12.6 Å². The fraction of sp³-hybridized carbons (Fsp3) is 0.318. The standard InChI is InChI=1S/C22H21N5O5/c1-13-2-4-14(5-3-13)11-23-18(28)12-26-20-19(24-25-26)21(29)27(22(20)30)15-6-7-16-17(10-15)32-9-8-31-16/h2-7,10,19-20H,8-9,11-12H2,1H3,(H,23,28)/t19-,20-/m0/s1. The molecule has 0 spiro atoms. The highest BCUT2D eigenvalue weighted by Gasteiger charge is 2.55. The summed E-state index contributed by atoms with van der Waals surface area (Å²) in [5, 5.41) is 11.9. The van der Waals surface area contributed by atoms with Crippen molar-refractivity contribution in [3.63, 3.8) is 0 Å². The molecule has 5 rings (SSSR count). The SMILES string of the molecule is Cc1ccc(CNC(=O)CN2N=N[C@@H]3C(=O)N(c4ccc5c(c4)OCCO5)C(=O)[C@H]32)cc1. The maximum absolute atomic E-state index is 13.1. The van der Waals surface area contributed by atoms with E-state index < -0.39 is 23.9 Å². The molecule has 10 nitrogen and oxygen atoms in total. The first-order valence-electron chi connectivity index (χ1n) is 10.3. The zero-order valence-corrected chi connectivity index (χ0v) is 17.4. The molecule has 32 heavy (non-hydrogen) atoms. The van der Waals surface area contributed by atoms with E-state index in [0.29, 0.717) is 36.9 Å². The molecule has 3 aliphatic rings. The molecule has 10 heteroatoms. The van der Waals surface area contributed by atoms with Gasteiger partial charge in [-0.05, 0) is 24.6 Å². The molecule has 1 fully saturated rings. The number of aryl methyl sites for hydroxylation is 1. The molecule has 2 atom stereocenters. The van der Waals surface area contributed by atoms with Gasteiger partial charge in [0.2, 0.25) is 5.91 Å². The first-order valence-corrected chi connectivity index (χ1v) is 10.3. The van der Waals surface area contributed by atoms with Crippen LogP contribution >= 0.6 is 0 Å². The van der Waals surface area contributed by atoms with Gasteiger partial charge in [-0.1, -0.05) is 35.1 Å². The molecule has 0 bridgehead atoms. The van der Waals surface area contributed by atoms with Crippen LogP contribution in [0.15, 0.2) is 52.8 Å². The summed E-state index contributed by atoms with van der Waals surface area (Å²) in [7, 11) is 0.